The molecule has 1 aromatic heterocycles. The smallest absolute Gasteiger partial charge is 0.246 e. The minimum absolute atomic E-state index is 0.125. The van der Waals surface area contributed by atoms with E-state index < -0.39 is 0 Å². The molecule has 1 aromatic rings. The molecule has 3 fully saturated rings. The van der Waals surface area contributed by atoms with Crippen LogP contribution in [0.1, 0.15) is 43.0 Å². The van der Waals surface area contributed by atoms with Gasteiger partial charge in [-0.1, -0.05) is 19.3 Å². The molecule has 0 N–H and O–H groups in total. The molecular formula is C17H23N5OS. The summed E-state index contributed by atoms with van der Waals surface area (Å²) < 4.78 is 0. The van der Waals surface area contributed by atoms with Crippen molar-refractivity contribution < 1.29 is 4.79 Å². The number of fused-ring (bicyclic) bond motifs is 1. The molecule has 2 saturated heterocycles. The highest BCUT2D eigenvalue weighted by molar-refractivity contribution is 7.16. The lowest BCUT2D eigenvalue weighted by molar-refractivity contribution is -0.127. The van der Waals surface area contributed by atoms with Crippen LogP contribution in [0.2, 0.25) is 0 Å². The van der Waals surface area contributed by atoms with Crippen LogP contribution in [0.25, 0.3) is 0 Å². The average molecular weight is 345 g/mol. The Labute approximate surface area is 146 Å². The van der Waals surface area contributed by atoms with Crippen LogP contribution < -0.4 is 4.90 Å². The van der Waals surface area contributed by atoms with Crippen LogP contribution in [-0.2, 0) is 4.79 Å². The first-order chi connectivity index (χ1) is 11.8. The fraction of sp³-hybridized carbons (Fsp3) is 0.706. The van der Waals surface area contributed by atoms with Crippen LogP contribution in [0.3, 0.4) is 0 Å². The Kier molecular flexibility index (Phi) is 4.42. The van der Waals surface area contributed by atoms with Gasteiger partial charge >= 0.3 is 0 Å². The third-order valence-corrected chi connectivity index (χ3v) is 6.71. The van der Waals surface area contributed by atoms with E-state index in [2.05, 4.69) is 16.1 Å². The summed E-state index contributed by atoms with van der Waals surface area (Å²) in [4.78, 5) is 23.4. The molecule has 0 bridgehead atoms. The van der Waals surface area contributed by atoms with Gasteiger partial charge in [-0.2, -0.15) is 5.26 Å². The van der Waals surface area contributed by atoms with E-state index >= 15 is 0 Å². The fourth-order valence-corrected chi connectivity index (χ4v) is 5.21. The van der Waals surface area contributed by atoms with E-state index in [4.69, 9.17) is 5.26 Å². The maximum atomic E-state index is 12.9. The number of carbonyl (C=O) groups is 1. The predicted octanol–water partition coefficient (Wildman–Crippen LogP) is 2.00. The summed E-state index contributed by atoms with van der Waals surface area (Å²) in [5, 5.41) is 11.3. The predicted molar refractivity (Wildman–Crippen MR) is 92.8 cm³/mol. The molecule has 2 aliphatic heterocycles. The molecule has 128 valence electrons. The van der Waals surface area contributed by atoms with E-state index in [9.17, 15) is 4.79 Å². The minimum atomic E-state index is -0.188. The van der Waals surface area contributed by atoms with Crippen molar-refractivity contribution in [2.24, 2.45) is 0 Å². The Morgan fingerprint density at radius 2 is 1.96 bits per heavy atom. The number of amides is 1. The van der Waals surface area contributed by atoms with Gasteiger partial charge in [-0.25, -0.2) is 4.98 Å². The Bertz CT molecular complexity index is 648. The van der Waals surface area contributed by atoms with Gasteiger partial charge in [0.1, 0.15) is 11.0 Å². The van der Waals surface area contributed by atoms with Crippen molar-refractivity contribution in [3.63, 3.8) is 0 Å². The Hall–Kier alpha value is -1.65. The molecule has 7 heteroatoms. The topological polar surface area (TPSA) is 63.5 Å². The van der Waals surface area contributed by atoms with Crippen LogP contribution in [0.15, 0.2) is 6.20 Å². The van der Waals surface area contributed by atoms with Crippen LogP contribution in [0.4, 0.5) is 5.00 Å². The zero-order valence-corrected chi connectivity index (χ0v) is 14.7. The largest absolute Gasteiger partial charge is 0.307 e. The van der Waals surface area contributed by atoms with Gasteiger partial charge in [-0.15, -0.1) is 11.3 Å². The number of nitrogens with zero attached hydrogens (tertiary/aromatic N) is 5. The molecule has 6 nitrogen and oxygen atoms in total. The highest BCUT2D eigenvalue weighted by atomic mass is 32.1. The number of anilines is 1. The fourth-order valence-electron chi connectivity index (χ4n) is 4.09. The van der Waals surface area contributed by atoms with Crippen LogP contribution in [0.5, 0.6) is 0 Å². The van der Waals surface area contributed by atoms with Gasteiger partial charge in [0.15, 0.2) is 6.19 Å². The first kappa shape index (κ1) is 15.9. The maximum Gasteiger partial charge on any atom is 0.246 e. The van der Waals surface area contributed by atoms with Crippen LogP contribution in [-0.4, -0.2) is 59.5 Å². The summed E-state index contributed by atoms with van der Waals surface area (Å²) in [6, 6.07) is -0.188. The van der Waals surface area contributed by atoms with Gasteiger partial charge in [0, 0.05) is 32.1 Å². The Balaban J connectivity index is 1.49. The molecule has 0 aromatic carbocycles. The summed E-state index contributed by atoms with van der Waals surface area (Å²) >= 11 is 1.69. The van der Waals surface area contributed by atoms with Gasteiger partial charge in [0.25, 0.3) is 0 Å². The van der Waals surface area contributed by atoms with Crippen LogP contribution >= 0.6 is 11.3 Å². The van der Waals surface area contributed by atoms with E-state index in [0.29, 0.717) is 12.5 Å². The normalized spacial score (nSPS) is 26.3. The monoisotopic (exact) mass is 345 g/mol. The second-order valence-corrected chi connectivity index (χ2v) is 8.00. The second kappa shape index (κ2) is 6.69. The van der Waals surface area contributed by atoms with Gasteiger partial charge in [0.05, 0.1) is 17.7 Å². The molecule has 4 rings (SSSR count). The molecule has 3 aliphatic rings. The van der Waals surface area contributed by atoms with Crippen molar-refractivity contribution in [3.05, 3.63) is 11.2 Å². The zero-order valence-electron chi connectivity index (χ0n) is 13.9. The summed E-state index contributed by atoms with van der Waals surface area (Å²) in [7, 11) is 0. The Morgan fingerprint density at radius 3 is 2.75 bits per heavy atom. The molecule has 1 atom stereocenters. The molecule has 0 spiro atoms. The van der Waals surface area contributed by atoms with Crippen molar-refractivity contribution in [2.45, 2.75) is 44.1 Å². The number of carbonyl (C=O) groups excluding carboxylic acids is 1. The third-order valence-electron chi connectivity index (χ3n) is 5.53. The summed E-state index contributed by atoms with van der Waals surface area (Å²) in [6.07, 6.45) is 10.5. The molecule has 0 unspecified atom stereocenters. The number of nitriles is 1. The van der Waals surface area contributed by atoms with E-state index in [1.807, 2.05) is 11.1 Å². The maximum absolute atomic E-state index is 12.9. The number of hydrogen-bond acceptors (Lipinski definition) is 6. The molecule has 1 saturated carbocycles. The van der Waals surface area contributed by atoms with Crippen molar-refractivity contribution in [1.82, 2.24) is 14.8 Å². The summed E-state index contributed by atoms with van der Waals surface area (Å²) in [5.74, 6) is 0.706. The standard InChI is InChI=1S/C17H23N5OS/c18-12-20-6-7-21-8-9-22(17(23)14(21)11-20)15-10-19-16(24-15)13-4-2-1-3-5-13/h10,13-14H,1-9,11H2/t14-/m1/s1. The molecule has 1 amide bonds. The highest BCUT2D eigenvalue weighted by Gasteiger charge is 2.39. The number of hydrogen-bond donors (Lipinski definition) is 0. The second-order valence-electron chi connectivity index (χ2n) is 6.96. The lowest BCUT2D eigenvalue weighted by Gasteiger charge is -2.44. The molecule has 1 aliphatic carbocycles. The van der Waals surface area contributed by atoms with Gasteiger partial charge < -0.3 is 4.90 Å². The van der Waals surface area contributed by atoms with E-state index in [-0.39, 0.29) is 11.9 Å². The zero-order chi connectivity index (χ0) is 16.5. The van der Waals surface area contributed by atoms with Crippen molar-refractivity contribution >= 4 is 22.2 Å². The van der Waals surface area contributed by atoms with E-state index in [0.717, 1.165) is 31.2 Å². The SMILES string of the molecule is N#CN1CCN2CCN(c3cnc(C4CCCCC4)s3)C(=O)[C@H]2C1. The van der Waals surface area contributed by atoms with Crippen molar-refractivity contribution in [2.75, 3.05) is 37.6 Å². The van der Waals surface area contributed by atoms with Crippen LogP contribution in [0, 0.1) is 11.5 Å². The lowest BCUT2D eigenvalue weighted by Crippen LogP contribution is -2.64. The molecule has 3 heterocycles. The van der Waals surface area contributed by atoms with Crippen molar-refractivity contribution in [3.8, 4) is 6.19 Å². The molecule has 24 heavy (non-hydrogen) atoms. The third kappa shape index (κ3) is 2.89. The van der Waals surface area contributed by atoms with E-state index in [1.165, 1.54) is 37.1 Å². The first-order valence-corrected chi connectivity index (χ1v) is 9.74. The summed E-state index contributed by atoms with van der Waals surface area (Å²) in [6.45, 7) is 3.65. The number of aromatic nitrogens is 1. The number of rotatable bonds is 2. The minimum Gasteiger partial charge on any atom is -0.307 e. The van der Waals surface area contributed by atoms with Crippen molar-refractivity contribution in [1.29, 1.82) is 5.26 Å². The number of piperazine rings is 2. The highest BCUT2D eigenvalue weighted by Crippen LogP contribution is 2.37. The average Bonchev–Trinajstić information content (AvgIpc) is 3.12. The van der Waals surface area contributed by atoms with Gasteiger partial charge in [0.2, 0.25) is 5.91 Å². The van der Waals surface area contributed by atoms with E-state index in [1.54, 1.807) is 16.2 Å². The first-order valence-electron chi connectivity index (χ1n) is 8.92. The quantitative estimate of drug-likeness (QED) is 0.767. The molecule has 0 radical (unpaired) electrons. The lowest BCUT2D eigenvalue weighted by atomic mass is 9.90. The summed E-state index contributed by atoms with van der Waals surface area (Å²) in [5.41, 5.74) is 0. The Morgan fingerprint density at radius 1 is 1.17 bits per heavy atom. The van der Waals surface area contributed by atoms with Gasteiger partial charge in [-0.3, -0.25) is 14.6 Å². The molecular weight excluding hydrogens is 322 g/mol. The van der Waals surface area contributed by atoms with Gasteiger partial charge in [-0.05, 0) is 12.8 Å². The number of thiazole rings is 1.